The van der Waals surface area contributed by atoms with Crippen LogP contribution in [0.4, 0.5) is 18.9 Å². The maximum atomic E-state index is 13.2. The number of fused-ring (bicyclic) bond motifs is 2. The molecular weight excluding hydrogens is 401 g/mol. The van der Waals surface area contributed by atoms with Gasteiger partial charge < -0.3 is 19.6 Å². The maximum Gasteiger partial charge on any atom is 0.490 e. The lowest BCUT2D eigenvalue weighted by atomic mass is 9.73. The third-order valence-electron chi connectivity index (χ3n) is 6.05. The molecule has 0 bridgehead atoms. The Labute approximate surface area is 173 Å². The molecule has 4 rings (SSSR count). The van der Waals surface area contributed by atoms with Gasteiger partial charge >= 0.3 is 12.1 Å². The standard InChI is InChI=1S/C19H26N2O2.C2HF3O2/c1-23-13-12-21-17-5-3-2-4-16(17)19(18(21)22)8-10-20(11-9-19)14-15-6-7-15;3-2(4,5)1(6)7/h2-5,15H,6-14H2,1H3;(H,6,7). The van der Waals surface area contributed by atoms with E-state index in [0.29, 0.717) is 19.1 Å². The second kappa shape index (κ2) is 8.93. The van der Waals surface area contributed by atoms with Crippen LogP contribution in [0.3, 0.4) is 0 Å². The van der Waals surface area contributed by atoms with Gasteiger partial charge in [-0.15, -0.1) is 0 Å². The number of carbonyl (C=O) groups excluding carboxylic acids is 1. The number of halogens is 3. The third kappa shape index (κ3) is 4.78. The molecule has 1 aromatic rings. The highest BCUT2D eigenvalue weighted by Crippen LogP contribution is 2.48. The lowest BCUT2D eigenvalue weighted by molar-refractivity contribution is -0.192. The van der Waals surface area contributed by atoms with Crippen molar-refractivity contribution >= 4 is 17.6 Å². The zero-order valence-corrected chi connectivity index (χ0v) is 17.0. The van der Waals surface area contributed by atoms with Gasteiger partial charge in [0.2, 0.25) is 5.91 Å². The highest BCUT2D eigenvalue weighted by molar-refractivity contribution is 6.08. The van der Waals surface area contributed by atoms with Crippen molar-refractivity contribution in [1.29, 1.82) is 0 Å². The summed E-state index contributed by atoms with van der Waals surface area (Å²) >= 11 is 0. The fourth-order valence-corrected chi connectivity index (χ4v) is 4.27. The number of carboxylic acids is 1. The molecule has 0 radical (unpaired) electrons. The van der Waals surface area contributed by atoms with Crippen molar-refractivity contribution in [3.05, 3.63) is 29.8 Å². The van der Waals surface area contributed by atoms with Gasteiger partial charge in [-0.2, -0.15) is 13.2 Å². The largest absolute Gasteiger partial charge is 0.490 e. The first kappa shape index (κ1) is 22.6. The summed E-state index contributed by atoms with van der Waals surface area (Å²) in [7, 11) is 1.69. The molecule has 166 valence electrons. The molecule has 1 saturated heterocycles. The van der Waals surface area contributed by atoms with Crippen molar-refractivity contribution in [2.24, 2.45) is 5.92 Å². The number of hydrogen-bond donors (Lipinski definition) is 1. The maximum absolute atomic E-state index is 13.2. The predicted octanol–water partition coefficient (Wildman–Crippen LogP) is 3.06. The van der Waals surface area contributed by atoms with Crippen LogP contribution in [0.15, 0.2) is 24.3 Å². The Hall–Kier alpha value is -2.13. The predicted molar refractivity (Wildman–Crippen MR) is 104 cm³/mol. The lowest BCUT2D eigenvalue weighted by Crippen LogP contribution is -2.49. The Kier molecular flexibility index (Phi) is 6.71. The molecule has 1 spiro atoms. The molecule has 0 atom stereocenters. The van der Waals surface area contributed by atoms with Crippen LogP contribution in [0.1, 0.15) is 31.2 Å². The number of benzene rings is 1. The number of piperidine rings is 1. The number of nitrogens with zero attached hydrogens (tertiary/aromatic N) is 2. The van der Waals surface area contributed by atoms with Crippen LogP contribution < -0.4 is 4.90 Å². The summed E-state index contributed by atoms with van der Waals surface area (Å²) in [4.78, 5) is 26.7. The summed E-state index contributed by atoms with van der Waals surface area (Å²) in [5, 5.41) is 7.12. The van der Waals surface area contributed by atoms with Gasteiger partial charge in [0.1, 0.15) is 0 Å². The molecule has 2 fully saturated rings. The molecule has 0 unspecified atom stereocenters. The van der Waals surface area contributed by atoms with Gasteiger partial charge in [0.05, 0.1) is 12.0 Å². The average Bonchev–Trinajstić information content (AvgIpc) is 3.49. The zero-order valence-electron chi connectivity index (χ0n) is 17.0. The minimum atomic E-state index is -5.08. The third-order valence-corrected chi connectivity index (χ3v) is 6.05. The van der Waals surface area contributed by atoms with E-state index in [2.05, 4.69) is 23.1 Å². The average molecular weight is 428 g/mol. The van der Waals surface area contributed by atoms with E-state index in [1.54, 1.807) is 7.11 Å². The van der Waals surface area contributed by atoms with E-state index >= 15 is 0 Å². The molecule has 3 aliphatic rings. The number of carbonyl (C=O) groups is 2. The van der Waals surface area contributed by atoms with Crippen LogP contribution in [0.5, 0.6) is 0 Å². The molecule has 0 aromatic heterocycles. The van der Waals surface area contributed by atoms with Gasteiger partial charge in [-0.25, -0.2) is 4.79 Å². The summed E-state index contributed by atoms with van der Waals surface area (Å²) in [6.07, 6.45) is -0.375. The molecule has 1 aromatic carbocycles. The van der Waals surface area contributed by atoms with Crippen molar-refractivity contribution in [3.63, 3.8) is 0 Å². The normalized spacial score (nSPS) is 20.7. The van der Waals surface area contributed by atoms with Crippen LogP contribution in [0, 0.1) is 5.92 Å². The van der Waals surface area contributed by atoms with Crippen LogP contribution >= 0.6 is 0 Å². The number of ether oxygens (including phenoxy) is 1. The van der Waals surface area contributed by atoms with Gasteiger partial charge in [-0.05, 0) is 56.3 Å². The summed E-state index contributed by atoms with van der Waals surface area (Å²) < 4.78 is 36.9. The Morgan fingerprint density at radius 3 is 2.37 bits per heavy atom. The van der Waals surface area contributed by atoms with E-state index in [4.69, 9.17) is 14.6 Å². The van der Waals surface area contributed by atoms with Crippen LogP contribution in [-0.4, -0.2) is 68.0 Å². The molecule has 6 nitrogen and oxygen atoms in total. The molecule has 2 aliphatic heterocycles. The minimum Gasteiger partial charge on any atom is -0.475 e. The fourth-order valence-electron chi connectivity index (χ4n) is 4.27. The first-order valence-corrected chi connectivity index (χ1v) is 10.1. The first-order chi connectivity index (χ1) is 14.2. The van der Waals surface area contributed by atoms with E-state index in [1.165, 1.54) is 24.9 Å². The molecule has 9 heteroatoms. The highest BCUT2D eigenvalue weighted by Gasteiger charge is 2.51. The molecule has 1 N–H and O–H groups in total. The topological polar surface area (TPSA) is 70.1 Å². The zero-order chi connectivity index (χ0) is 21.9. The number of methoxy groups -OCH3 is 1. The quantitative estimate of drug-likeness (QED) is 0.781. The smallest absolute Gasteiger partial charge is 0.475 e. The van der Waals surface area contributed by atoms with Crippen LogP contribution in [0.25, 0.3) is 0 Å². The number of hydrogen-bond acceptors (Lipinski definition) is 4. The van der Waals surface area contributed by atoms with Gasteiger partial charge in [0.15, 0.2) is 0 Å². The van der Waals surface area contributed by atoms with Crippen molar-refractivity contribution in [2.45, 2.75) is 37.3 Å². The Bertz CT molecular complexity index is 772. The Balaban J connectivity index is 0.000000318. The van der Waals surface area contributed by atoms with E-state index in [0.717, 1.165) is 37.5 Å². The second-order valence-electron chi connectivity index (χ2n) is 8.10. The lowest BCUT2D eigenvalue weighted by Gasteiger charge is -2.38. The van der Waals surface area contributed by atoms with Crippen molar-refractivity contribution in [2.75, 3.05) is 44.8 Å². The molecule has 1 amide bonds. The molecule has 2 heterocycles. The molecule has 30 heavy (non-hydrogen) atoms. The van der Waals surface area contributed by atoms with Gasteiger partial charge in [0.25, 0.3) is 0 Å². The number of para-hydroxylation sites is 1. The number of rotatable bonds is 5. The van der Waals surface area contributed by atoms with Crippen molar-refractivity contribution < 1.29 is 32.6 Å². The van der Waals surface area contributed by atoms with E-state index in [-0.39, 0.29) is 5.41 Å². The summed E-state index contributed by atoms with van der Waals surface area (Å²) in [6, 6.07) is 8.36. The first-order valence-electron chi connectivity index (χ1n) is 10.1. The minimum absolute atomic E-state index is 0.287. The second-order valence-corrected chi connectivity index (χ2v) is 8.10. The van der Waals surface area contributed by atoms with Crippen LogP contribution in [0.2, 0.25) is 0 Å². The number of alkyl halides is 3. The number of anilines is 1. The van der Waals surface area contributed by atoms with E-state index in [1.807, 2.05) is 11.0 Å². The molecule has 1 aliphatic carbocycles. The monoisotopic (exact) mass is 428 g/mol. The highest BCUT2D eigenvalue weighted by atomic mass is 19.4. The molecule has 1 saturated carbocycles. The number of carboxylic acid groups (broad SMARTS) is 1. The van der Waals surface area contributed by atoms with E-state index in [9.17, 15) is 18.0 Å². The van der Waals surface area contributed by atoms with E-state index < -0.39 is 12.1 Å². The SMILES string of the molecule is COCCN1C(=O)C2(CCN(CC3CC3)CC2)c2ccccc21.O=C(O)C(F)(F)F. The summed E-state index contributed by atoms with van der Waals surface area (Å²) in [5.74, 6) is -1.54. The van der Waals surface area contributed by atoms with Gasteiger partial charge in [0, 0.05) is 25.9 Å². The number of likely N-dealkylation sites (tertiary alicyclic amines) is 1. The Morgan fingerprint density at radius 2 is 1.83 bits per heavy atom. The van der Waals surface area contributed by atoms with Crippen molar-refractivity contribution in [1.82, 2.24) is 4.90 Å². The number of amides is 1. The summed E-state index contributed by atoms with van der Waals surface area (Å²) in [6.45, 7) is 4.58. The van der Waals surface area contributed by atoms with Gasteiger partial charge in [-0.3, -0.25) is 4.79 Å². The Morgan fingerprint density at radius 1 is 1.23 bits per heavy atom. The molecular formula is C21H27F3N2O4. The number of aliphatic carboxylic acids is 1. The van der Waals surface area contributed by atoms with Gasteiger partial charge in [-0.1, -0.05) is 18.2 Å². The van der Waals surface area contributed by atoms with Crippen LogP contribution in [-0.2, 0) is 19.7 Å². The summed E-state index contributed by atoms with van der Waals surface area (Å²) in [5.41, 5.74) is 2.06. The van der Waals surface area contributed by atoms with Crippen molar-refractivity contribution in [3.8, 4) is 0 Å². The fraction of sp³-hybridized carbons (Fsp3) is 0.619.